The third kappa shape index (κ3) is 5.08. The molecule has 0 aliphatic heterocycles. The van der Waals surface area contributed by atoms with Crippen molar-refractivity contribution in [2.24, 2.45) is 0 Å². The number of hydrogen-bond donors (Lipinski definition) is 3. The highest BCUT2D eigenvalue weighted by atomic mass is 35.5. The molecule has 2 amide bonds. The Morgan fingerprint density at radius 3 is 2.38 bits per heavy atom. The number of hydrogen-bond acceptors (Lipinski definition) is 3. The normalized spacial score (nSPS) is 11.8. The van der Waals surface area contributed by atoms with Gasteiger partial charge < -0.3 is 15.7 Å². The minimum absolute atomic E-state index is 0.237. The van der Waals surface area contributed by atoms with Gasteiger partial charge in [0.05, 0.1) is 6.54 Å². The van der Waals surface area contributed by atoms with Crippen LogP contribution in [0.4, 0.5) is 4.79 Å². The number of urea groups is 1. The van der Waals surface area contributed by atoms with E-state index in [9.17, 15) is 9.90 Å². The third-order valence-electron chi connectivity index (χ3n) is 3.86. The molecular weight excluding hydrogens is 368 g/mol. The van der Waals surface area contributed by atoms with Gasteiger partial charge in [-0.15, -0.1) is 11.3 Å². The maximum absolute atomic E-state index is 11.9. The number of aliphatic hydroxyl groups is 1. The molecular formula is C20H19ClN2O2S. The van der Waals surface area contributed by atoms with Crippen molar-refractivity contribution in [3.05, 3.63) is 92.6 Å². The molecule has 3 aromatic rings. The van der Waals surface area contributed by atoms with E-state index < -0.39 is 6.10 Å². The molecule has 0 fully saturated rings. The highest BCUT2D eigenvalue weighted by Crippen LogP contribution is 2.28. The summed E-state index contributed by atoms with van der Waals surface area (Å²) < 4.78 is 0. The van der Waals surface area contributed by atoms with Gasteiger partial charge in [0.1, 0.15) is 6.10 Å². The molecule has 0 bridgehead atoms. The smallest absolute Gasteiger partial charge is 0.315 e. The first kappa shape index (κ1) is 18.5. The van der Waals surface area contributed by atoms with E-state index in [-0.39, 0.29) is 6.03 Å². The van der Waals surface area contributed by atoms with Crippen molar-refractivity contribution in [2.45, 2.75) is 19.2 Å². The van der Waals surface area contributed by atoms with Crippen LogP contribution in [-0.4, -0.2) is 11.1 Å². The molecule has 0 aliphatic rings. The van der Waals surface area contributed by atoms with E-state index in [1.54, 1.807) is 12.1 Å². The number of nitrogens with one attached hydrogen (secondary N) is 2. The maximum atomic E-state index is 11.9. The Hall–Kier alpha value is -2.34. The third-order valence-corrected chi connectivity index (χ3v) is 5.25. The lowest BCUT2D eigenvalue weighted by molar-refractivity contribution is 0.224. The highest BCUT2D eigenvalue weighted by molar-refractivity contribution is 7.12. The molecule has 0 saturated carbocycles. The van der Waals surface area contributed by atoms with Crippen molar-refractivity contribution >= 4 is 29.0 Å². The van der Waals surface area contributed by atoms with Crippen LogP contribution in [0.1, 0.15) is 27.0 Å². The molecule has 1 heterocycles. The van der Waals surface area contributed by atoms with E-state index in [1.165, 1.54) is 11.3 Å². The summed E-state index contributed by atoms with van der Waals surface area (Å²) in [5, 5.41) is 16.7. The molecule has 0 radical (unpaired) electrons. The van der Waals surface area contributed by atoms with Gasteiger partial charge in [-0.1, -0.05) is 54.1 Å². The Morgan fingerprint density at radius 2 is 1.65 bits per heavy atom. The van der Waals surface area contributed by atoms with Gasteiger partial charge in [0.15, 0.2) is 0 Å². The number of halogens is 1. The fourth-order valence-electron chi connectivity index (χ4n) is 2.45. The summed E-state index contributed by atoms with van der Waals surface area (Å²) in [6.45, 7) is 0.851. The Kier molecular flexibility index (Phi) is 6.28. The van der Waals surface area contributed by atoms with Crippen LogP contribution in [0, 0.1) is 0 Å². The number of rotatable bonds is 6. The van der Waals surface area contributed by atoms with Crippen LogP contribution in [0.3, 0.4) is 0 Å². The lowest BCUT2D eigenvalue weighted by Crippen LogP contribution is -2.34. The van der Waals surface area contributed by atoms with Crippen LogP contribution >= 0.6 is 22.9 Å². The molecule has 0 spiro atoms. The second kappa shape index (κ2) is 8.85. The number of benzene rings is 2. The van der Waals surface area contributed by atoms with Gasteiger partial charge in [0, 0.05) is 21.3 Å². The zero-order valence-electron chi connectivity index (χ0n) is 14.0. The summed E-state index contributed by atoms with van der Waals surface area (Å²) >= 11 is 7.33. The number of aliphatic hydroxyl groups excluding tert-OH is 1. The largest absolute Gasteiger partial charge is 0.383 e. The molecule has 1 unspecified atom stereocenters. The second-order valence-corrected chi connectivity index (χ2v) is 7.42. The Labute approximate surface area is 161 Å². The van der Waals surface area contributed by atoms with Gasteiger partial charge in [0.2, 0.25) is 0 Å². The summed E-state index contributed by atoms with van der Waals surface area (Å²) in [6.07, 6.45) is -0.645. The van der Waals surface area contributed by atoms with E-state index in [4.69, 9.17) is 11.6 Å². The standard InChI is InChI=1S/C20H19ClN2O2S/c21-16-8-6-14(7-9-16)12-22-20(25)23-13-17-10-11-18(26-17)19(24)15-4-2-1-3-5-15/h1-11,19,24H,12-13H2,(H2,22,23,25). The fraction of sp³-hybridized carbons (Fsp3) is 0.150. The minimum atomic E-state index is -0.645. The molecule has 3 N–H and O–H groups in total. The SMILES string of the molecule is O=C(NCc1ccc(Cl)cc1)NCc1ccc(C(O)c2ccccc2)s1. The lowest BCUT2D eigenvalue weighted by Gasteiger charge is -2.08. The average Bonchev–Trinajstić information content (AvgIpc) is 3.15. The molecule has 2 aromatic carbocycles. The van der Waals surface area contributed by atoms with Gasteiger partial charge in [0.25, 0.3) is 0 Å². The zero-order valence-corrected chi connectivity index (χ0v) is 15.6. The van der Waals surface area contributed by atoms with E-state index in [2.05, 4.69) is 10.6 Å². The van der Waals surface area contributed by atoms with Crippen molar-refractivity contribution in [1.29, 1.82) is 0 Å². The molecule has 4 nitrogen and oxygen atoms in total. The van der Waals surface area contributed by atoms with E-state index in [0.29, 0.717) is 18.1 Å². The Morgan fingerprint density at radius 1 is 0.962 bits per heavy atom. The van der Waals surface area contributed by atoms with Crippen LogP contribution in [0.25, 0.3) is 0 Å². The van der Waals surface area contributed by atoms with Crippen molar-refractivity contribution in [3.63, 3.8) is 0 Å². The molecule has 0 aliphatic carbocycles. The van der Waals surface area contributed by atoms with E-state index in [1.807, 2.05) is 54.6 Å². The fourth-order valence-corrected chi connectivity index (χ4v) is 3.54. The molecule has 1 atom stereocenters. The second-order valence-electron chi connectivity index (χ2n) is 5.78. The topological polar surface area (TPSA) is 61.4 Å². The monoisotopic (exact) mass is 386 g/mol. The number of carbonyl (C=O) groups excluding carboxylic acids is 1. The van der Waals surface area contributed by atoms with Gasteiger partial charge in [-0.25, -0.2) is 4.79 Å². The number of thiophene rings is 1. The summed E-state index contributed by atoms with van der Waals surface area (Å²) in [6, 6.07) is 20.4. The molecule has 6 heteroatoms. The van der Waals surface area contributed by atoms with Crippen molar-refractivity contribution in [1.82, 2.24) is 10.6 Å². The van der Waals surface area contributed by atoms with Crippen molar-refractivity contribution in [2.75, 3.05) is 0 Å². The first-order valence-corrected chi connectivity index (χ1v) is 9.39. The Balaban J connectivity index is 1.48. The highest BCUT2D eigenvalue weighted by Gasteiger charge is 2.13. The number of amides is 2. The van der Waals surface area contributed by atoms with Gasteiger partial charge in [-0.3, -0.25) is 0 Å². The first-order valence-electron chi connectivity index (χ1n) is 8.19. The van der Waals surface area contributed by atoms with Crippen LogP contribution in [0.5, 0.6) is 0 Å². The van der Waals surface area contributed by atoms with Crippen LogP contribution in [-0.2, 0) is 13.1 Å². The summed E-state index contributed by atoms with van der Waals surface area (Å²) in [5.74, 6) is 0. The van der Waals surface area contributed by atoms with Crippen LogP contribution < -0.4 is 10.6 Å². The van der Waals surface area contributed by atoms with Crippen molar-refractivity contribution in [3.8, 4) is 0 Å². The molecule has 134 valence electrons. The first-order chi connectivity index (χ1) is 12.6. The average molecular weight is 387 g/mol. The van der Waals surface area contributed by atoms with Gasteiger partial charge in [-0.2, -0.15) is 0 Å². The van der Waals surface area contributed by atoms with E-state index >= 15 is 0 Å². The van der Waals surface area contributed by atoms with Gasteiger partial charge in [-0.05, 0) is 35.4 Å². The molecule has 0 saturated heterocycles. The zero-order chi connectivity index (χ0) is 18.4. The quantitative estimate of drug-likeness (QED) is 0.584. The van der Waals surface area contributed by atoms with Crippen molar-refractivity contribution < 1.29 is 9.90 Å². The summed E-state index contributed by atoms with van der Waals surface area (Å²) in [4.78, 5) is 13.8. The lowest BCUT2D eigenvalue weighted by atomic mass is 10.1. The molecule has 1 aromatic heterocycles. The Bertz CT molecular complexity index is 850. The van der Waals surface area contributed by atoms with Crippen LogP contribution in [0.2, 0.25) is 5.02 Å². The van der Waals surface area contributed by atoms with Gasteiger partial charge >= 0.3 is 6.03 Å². The predicted octanol–water partition coefficient (Wildman–Crippen LogP) is 4.48. The van der Waals surface area contributed by atoms with E-state index in [0.717, 1.165) is 20.9 Å². The van der Waals surface area contributed by atoms with Crippen LogP contribution in [0.15, 0.2) is 66.7 Å². The predicted molar refractivity (Wildman–Crippen MR) is 105 cm³/mol. The number of carbonyl (C=O) groups is 1. The molecule has 3 rings (SSSR count). The summed E-state index contributed by atoms with van der Waals surface area (Å²) in [5.41, 5.74) is 1.84. The summed E-state index contributed by atoms with van der Waals surface area (Å²) in [7, 11) is 0. The molecule has 26 heavy (non-hydrogen) atoms. The minimum Gasteiger partial charge on any atom is -0.383 e. The maximum Gasteiger partial charge on any atom is 0.315 e.